The maximum atomic E-state index is 14.0. The summed E-state index contributed by atoms with van der Waals surface area (Å²) in [6.07, 6.45) is 5.44. The summed E-state index contributed by atoms with van der Waals surface area (Å²) in [6.45, 7) is 9.87. The number of rotatable bonds is 10. The molecule has 1 saturated heterocycles. The van der Waals surface area contributed by atoms with Gasteiger partial charge in [-0.3, -0.25) is 23.6 Å². The van der Waals surface area contributed by atoms with Gasteiger partial charge in [-0.15, -0.1) is 0 Å². The number of aryl methyl sites for hydroxylation is 1. The molecule has 0 aliphatic carbocycles. The average Bonchev–Trinajstić information content (AvgIpc) is 3.55. The summed E-state index contributed by atoms with van der Waals surface area (Å²) in [5.74, 6) is -0.118. The van der Waals surface area contributed by atoms with Crippen molar-refractivity contribution in [2.75, 3.05) is 26.2 Å². The lowest BCUT2D eigenvalue weighted by atomic mass is 9.87. The van der Waals surface area contributed by atoms with Crippen molar-refractivity contribution in [3.63, 3.8) is 0 Å². The van der Waals surface area contributed by atoms with Crippen molar-refractivity contribution >= 4 is 36.2 Å². The van der Waals surface area contributed by atoms with Gasteiger partial charge in [0.15, 0.2) is 5.65 Å². The van der Waals surface area contributed by atoms with Crippen LogP contribution >= 0.6 is 7.82 Å². The molecule has 1 aliphatic heterocycles. The number of piperidine rings is 1. The van der Waals surface area contributed by atoms with E-state index in [1.165, 1.54) is 11.9 Å². The number of carbonyl (C=O) groups is 2. The third-order valence-corrected chi connectivity index (χ3v) is 8.99. The molecule has 1 fully saturated rings. The summed E-state index contributed by atoms with van der Waals surface area (Å²) in [5.41, 5.74) is 12.8. The van der Waals surface area contributed by atoms with Gasteiger partial charge in [0.1, 0.15) is 6.33 Å². The van der Waals surface area contributed by atoms with Crippen LogP contribution in [0.5, 0.6) is 0 Å². The molecule has 1 aliphatic rings. The molecule has 43 heavy (non-hydrogen) atoms. The van der Waals surface area contributed by atoms with Gasteiger partial charge in [-0.1, -0.05) is 19.9 Å². The van der Waals surface area contributed by atoms with Crippen molar-refractivity contribution in [1.29, 1.82) is 0 Å². The van der Waals surface area contributed by atoms with Gasteiger partial charge >= 0.3 is 7.82 Å². The fraction of sp³-hybridized carbons (Fsp3) is 0.467. The number of phosphoric ester groups is 1. The third kappa shape index (κ3) is 6.44. The van der Waals surface area contributed by atoms with Crippen molar-refractivity contribution in [1.82, 2.24) is 24.1 Å². The first-order valence-electron chi connectivity index (χ1n) is 14.6. The van der Waals surface area contributed by atoms with E-state index < -0.39 is 7.82 Å². The van der Waals surface area contributed by atoms with Gasteiger partial charge in [-0.05, 0) is 92.4 Å². The number of aromatic nitrogens is 4. The Morgan fingerprint density at radius 2 is 1.88 bits per heavy atom. The number of amides is 1. The maximum absolute atomic E-state index is 14.0. The molecular weight excluding hydrogens is 571 g/mol. The lowest BCUT2D eigenvalue weighted by Crippen LogP contribution is -2.39. The van der Waals surface area contributed by atoms with E-state index in [1.54, 1.807) is 9.08 Å². The zero-order chi connectivity index (χ0) is 31.1. The minimum absolute atomic E-state index is 0.0397. The zero-order valence-corrected chi connectivity index (χ0v) is 25.9. The molecule has 4 heterocycles. The summed E-state index contributed by atoms with van der Waals surface area (Å²) in [5, 5.41) is 5.38. The second-order valence-electron chi connectivity index (χ2n) is 11.7. The molecule has 0 saturated carbocycles. The fourth-order valence-electron chi connectivity index (χ4n) is 6.30. The molecule has 12 nitrogen and oxygen atoms in total. The Labute approximate surface area is 250 Å². The van der Waals surface area contributed by atoms with Crippen LogP contribution in [0.25, 0.3) is 27.8 Å². The van der Waals surface area contributed by atoms with Gasteiger partial charge in [-0.2, -0.15) is 5.10 Å². The zero-order valence-electron chi connectivity index (χ0n) is 25.0. The smallest absolute Gasteiger partial charge is 0.369 e. The molecule has 13 heteroatoms. The van der Waals surface area contributed by atoms with Crippen LogP contribution in [0.4, 0.5) is 0 Å². The Balaban J connectivity index is 1.63. The number of phosphoric acid groups is 1. The van der Waals surface area contributed by atoms with Gasteiger partial charge in [0.05, 0.1) is 24.4 Å². The first kappa shape index (κ1) is 31.0. The van der Waals surface area contributed by atoms with Crippen LogP contribution in [-0.2, 0) is 13.9 Å². The van der Waals surface area contributed by atoms with Crippen LogP contribution in [0.2, 0.25) is 0 Å². The lowest BCUT2D eigenvalue weighted by Gasteiger charge is -2.31. The minimum atomic E-state index is -4.62. The molecule has 0 unspecified atom stereocenters. The van der Waals surface area contributed by atoms with Crippen molar-refractivity contribution in [2.24, 2.45) is 5.73 Å². The highest BCUT2D eigenvalue weighted by Gasteiger charge is 2.28. The Morgan fingerprint density at radius 1 is 1.16 bits per heavy atom. The second-order valence-corrected chi connectivity index (χ2v) is 12.9. The van der Waals surface area contributed by atoms with Crippen LogP contribution in [0.15, 0.2) is 30.7 Å². The van der Waals surface area contributed by atoms with E-state index in [9.17, 15) is 14.2 Å². The van der Waals surface area contributed by atoms with Crippen LogP contribution < -0.4 is 5.73 Å². The molecule has 0 radical (unpaired) electrons. The molecule has 4 aromatic rings. The topological polar surface area (TPSA) is 165 Å². The number of nitrogens with zero attached hydrogens (tertiary/aromatic N) is 5. The normalized spacial score (nSPS) is 15.2. The average molecular weight is 611 g/mol. The van der Waals surface area contributed by atoms with Gasteiger partial charge in [0, 0.05) is 23.6 Å². The van der Waals surface area contributed by atoms with E-state index in [0.29, 0.717) is 5.92 Å². The molecule has 3 aromatic heterocycles. The number of hydrogen-bond donors (Lipinski definition) is 3. The van der Waals surface area contributed by atoms with E-state index in [2.05, 4.69) is 45.5 Å². The lowest BCUT2D eigenvalue weighted by molar-refractivity contribution is -0.119. The fourth-order valence-corrected chi connectivity index (χ4v) is 6.67. The predicted molar refractivity (Wildman–Crippen MR) is 163 cm³/mol. The highest BCUT2D eigenvalue weighted by Crippen LogP contribution is 2.42. The summed E-state index contributed by atoms with van der Waals surface area (Å²) in [6, 6.07) is 6.31. The Kier molecular flexibility index (Phi) is 8.87. The molecular formula is C30H39N6O6P. The monoisotopic (exact) mass is 610 g/mol. The molecule has 230 valence electrons. The summed E-state index contributed by atoms with van der Waals surface area (Å²) in [7, 11) is -4.62. The molecule has 0 spiro atoms. The number of fused-ring (bicyclic) bond motifs is 2. The number of hydrogen-bond acceptors (Lipinski definition) is 7. The van der Waals surface area contributed by atoms with E-state index in [1.807, 2.05) is 26.1 Å². The van der Waals surface area contributed by atoms with E-state index in [0.717, 1.165) is 70.4 Å². The number of nitrogens with two attached hydrogens (primary N) is 1. The largest absolute Gasteiger partial charge is 0.469 e. The van der Waals surface area contributed by atoms with Gasteiger partial charge in [-0.25, -0.2) is 14.1 Å². The SMILES string of the molecule is Cc1c(-c2c(C(C)C)c3cc(C4CCN(CC(N)=O)CC4)ccc3n2C(=O)CCCOP(=O)(O)O)cn2ncnc2c1C. The first-order valence-corrected chi connectivity index (χ1v) is 16.1. The second kappa shape index (κ2) is 12.3. The van der Waals surface area contributed by atoms with Gasteiger partial charge in [0.2, 0.25) is 11.8 Å². The van der Waals surface area contributed by atoms with E-state index in [4.69, 9.17) is 15.5 Å². The Hall–Kier alpha value is -3.41. The van der Waals surface area contributed by atoms with E-state index in [-0.39, 0.29) is 43.7 Å². The van der Waals surface area contributed by atoms with Crippen LogP contribution in [0.3, 0.4) is 0 Å². The quantitative estimate of drug-likeness (QED) is 0.175. The van der Waals surface area contributed by atoms with Gasteiger partial charge in [0.25, 0.3) is 0 Å². The number of carbonyl (C=O) groups excluding carboxylic acids is 2. The molecule has 0 atom stereocenters. The van der Waals surface area contributed by atoms with Crippen LogP contribution in [0, 0.1) is 13.8 Å². The predicted octanol–water partition coefficient (Wildman–Crippen LogP) is 4.29. The minimum Gasteiger partial charge on any atom is -0.369 e. The first-order chi connectivity index (χ1) is 20.4. The van der Waals surface area contributed by atoms with Crippen molar-refractivity contribution in [3.05, 3.63) is 53.0 Å². The number of benzene rings is 1. The van der Waals surface area contributed by atoms with Crippen LogP contribution in [0.1, 0.15) is 78.4 Å². The van der Waals surface area contributed by atoms with E-state index >= 15 is 0 Å². The highest BCUT2D eigenvalue weighted by atomic mass is 31.2. The Morgan fingerprint density at radius 3 is 2.53 bits per heavy atom. The van der Waals surface area contributed by atoms with Crippen molar-refractivity contribution < 1.29 is 28.5 Å². The molecule has 4 N–H and O–H groups in total. The summed E-state index contributed by atoms with van der Waals surface area (Å²) >= 11 is 0. The van der Waals surface area contributed by atoms with Crippen LogP contribution in [-0.4, -0.2) is 71.9 Å². The molecule has 1 amide bonds. The molecule has 0 bridgehead atoms. The number of primary amides is 1. The van der Waals surface area contributed by atoms with Crippen molar-refractivity contribution in [3.8, 4) is 11.3 Å². The molecule has 5 rings (SSSR count). The maximum Gasteiger partial charge on any atom is 0.469 e. The highest BCUT2D eigenvalue weighted by molar-refractivity contribution is 7.46. The van der Waals surface area contributed by atoms with Gasteiger partial charge < -0.3 is 15.5 Å². The number of likely N-dealkylation sites (tertiary alicyclic amines) is 1. The molecule has 1 aromatic carbocycles. The standard InChI is InChI=1S/C30H39N6O6P/c1-18(2)28-23-14-22(21-9-11-34(12-10-21)16-26(31)37)7-8-25(23)36(27(38)6-5-13-42-43(39,40)41)29(28)24-15-35-30(32-17-33-35)20(4)19(24)3/h7-8,14-15,17-18,21H,5-6,9-13,16H2,1-4H3,(H2,31,37)(H2,39,40,41). The summed E-state index contributed by atoms with van der Waals surface area (Å²) in [4.78, 5) is 50.0. The van der Waals surface area contributed by atoms with Crippen molar-refractivity contribution in [2.45, 2.75) is 65.2 Å². The third-order valence-electron chi connectivity index (χ3n) is 8.47. The Bertz CT molecular complexity index is 1730. The number of pyridine rings is 1. The summed E-state index contributed by atoms with van der Waals surface area (Å²) < 4.78 is 19.3.